The van der Waals surface area contributed by atoms with Crippen molar-refractivity contribution >= 4 is 27.4 Å². The van der Waals surface area contributed by atoms with Gasteiger partial charge in [0.05, 0.1) is 28.3 Å². The van der Waals surface area contributed by atoms with Gasteiger partial charge in [-0.2, -0.15) is 13.2 Å². The topological polar surface area (TPSA) is 89.5 Å². The fourth-order valence-electron chi connectivity index (χ4n) is 2.49. The summed E-state index contributed by atoms with van der Waals surface area (Å²) in [7, 11) is -3.73. The van der Waals surface area contributed by atoms with E-state index in [0.717, 1.165) is 23.3 Å². The van der Waals surface area contributed by atoms with Gasteiger partial charge in [-0.05, 0) is 49.2 Å². The number of amides is 1. The summed E-state index contributed by atoms with van der Waals surface area (Å²) in [5.41, 5.74) is 0.202. The number of aryl methyl sites for hydroxylation is 2. The molecule has 0 saturated carbocycles. The minimum absolute atomic E-state index is 0.0694. The molecule has 2 rings (SSSR count). The standard InChI is InChI=1S/C20H20F3NO5S/c1-13-7-8-15(11-14(13)2)30(27,28)10-9-19(26)29-12-18(25)24-17-6-4-3-5-16(17)20(21,22)23/h3-8,11H,9-10,12H2,1-2H3,(H,24,25). The highest BCUT2D eigenvalue weighted by atomic mass is 32.2. The number of rotatable bonds is 7. The SMILES string of the molecule is Cc1ccc(S(=O)(=O)CCC(=O)OCC(=O)Nc2ccccc2C(F)(F)F)cc1C. The fraction of sp³-hybridized carbons (Fsp3) is 0.300. The molecule has 6 nitrogen and oxygen atoms in total. The molecule has 0 heterocycles. The van der Waals surface area contributed by atoms with E-state index in [9.17, 15) is 31.2 Å². The monoisotopic (exact) mass is 443 g/mol. The summed E-state index contributed by atoms with van der Waals surface area (Å²) >= 11 is 0. The molecule has 1 N–H and O–H groups in total. The normalized spacial score (nSPS) is 11.8. The van der Waals surface area contributed by atoms with E-state index < -0.39 is 57.9 Å². The number of nitrogens with one attached hydrogen (secondary N) is 1. The Morgan fingerprint density at radius 1 is 1.03 bits per heavy atom. The van der Waals surface area contributed by atoms with Crippen LogP contribution in [-0.2, 0) is 30.3 Å². The second-order valence-electron chi connectivity index (χ2n) is 6.57. The summed E-state index contributed by atoms with van der Waals surface area (Å²) in [6, 6.07) is 8.96. The van der Waals surface area contributed by atoms with Crippen molar-refractivity contribution in [2.24, 2.45) is 0 Å². The Balaban J connectivity index is 1.89. The second-order valence-corrected chi connectivity index (χ2v) is 8.68. The largest absolute Gasteiger partial charge is 0.456 e. The third-order valence-electron chi connectivity index (χ3n) is 4.28. The average Bonchev–Trinajstić information content (AvgIpc) is 2.66. The lowest BCUT2D eigenvalue weighted by Gasteiger charge is -2.13. The summed E-state index contributed by atoms with van der Waals surface area (Å²) < 4.78 is 68.1. The molecule has 0 spiro atoms. The van der Waals surface area contributed by atoms with Crippen molar-refractivity contribution in [3.8, 4) is 0 Å². The zero-order chi connectivity index (χ0) is 22.5. The highest BCUT2D eigenvalue weighted by Crippen LogP contribution is 2.34. The molecule has 0 aliphatic heterocycles. The van der Waals surface area contributed by atoms with Crippen molar-refractivity contribution in [1.29, 1.82) is 0 Å². The molecule has 0 bridgehead atoms. The van der Waals surface area contributed by atoms with Gasteiger partial charge >= 0.3 is 12.1 Å². The highest BCUT2D eigenvalue weighted by Gasteiger charge is 2.33. The molecule has 2 aromatic rings. The van der Waals surface area contributed by atoms with Crippen molar-refractivity contribution in [2.75, 3.05) is 17.7 Å². The molecular weight excluding hydrogens is 423 g/mol. The number of carbonyl (C=O) groups is 2. The van der Waals surface area contributed by atoms with Gasteiger partial charge in [-0.25, -0.2) is 8.42 Å². The van der Waals surface area contributed by atoms with E-state index in [2.05, 4.69) is 4.74 Å². The van der Waals surface area contributed by atoms with Crippen LogP contribution in [0.1, 0.15) is 23.1 Å². The minimum atomic E-state index is -4.66. The van der Waals surface area contributed by atoms with Crippen molar-refractivity contribution in [1.82, 2.24) is 0 Å². The number of carbonyl (C=O) groups excluding carboxylic acids is 2. The molecule has 0 fully saturated rings. The Morgan fingerprint density at radius 2 is 1.70 bits per heavy atom. The Hall–Kier alpha value is -2.88. The summed E-state index contributed by atoms with van der Waals surface area (Å²) in [4.78, 5) is 23.7. The molecule has 1 amide bonds. The van der Waals surface area contributed by atoms with Gasteiger partial charge in [0.15, 0.2) is 16.4 Å². The summed E-state index contributed by atoms with van der Waals surface area (Å²) in [6.07, 6.45) is -5.16. The van der Waals surface area contributed by atoms with Gasteiger partial charge < -0.3 is 10.1 Å². The van der Waals surface area contributed by atoms with Gasteiger partial charge in [0.1, 0.15) is 0 Å². The Labute approximate surface area is 172 Å². The maximum Gasteiger partial charge on any atom is 0.418 e. The maximum absolute atomic E-state index is 12.9. The number of hydrogen-bond acceptors (Lipinski definition) is 5. The number of anilines is 1. The molecule has 2 aromatic carbocycles. The van der Waals surface area contributed by atoms with Crippen molar-refractivity contribution < 1.29 is 35.9 Å². The molecule has 0 saturated heterocycles. The van der Waals surface area contributed by atoms with Crippen LogP contribution in [-0.4, -0.2) is 32.7 Å². The highest BCUT2D eigenvalue weighted by molar-refractivity contribution is 7.91. The number of para-hydroxylation sites is 1. The first-order chi connectivity index (χ1) is 13.9. The predicted octanol–water partition coefficient (Wildman–Crippen LogP) is 3.67. The van der Waals surface area contributed by atoms with E-state index in [4.69, 9.17) is 0 Å². The van der Waals surface area contributed by atoms with E-state index in [1.165, 1.54) is 24.3 Å². The lowest BCUT2D eigenvalue weighted by molar-refractivity contribution is -0.147. The Kier molecular flexibility index (Phi) is 7.25. The van der Waals surface area contributed by atoms with Crippen LogP contribution in [0.3, 0.4) is 0 Å². The number of hydrogen-bond donors (Lipinski definition) is 1. The van der Waals surface area contributed by atoms with E-state index in [-0.39, 0.29) is 4.90 Å². The third kappa shape index (κ3) is 6.31. The smallest absolute Gasteiger partial charge is 0.418 e. The predicted molar refractivity (Wildman–Crippen MR) is 104 cm³/mol. The van der Waals surface area contributed by atoms with E-state index >= 15 is 0 Å². The quantitative estimate of drug-likeness (QED) is 0.660. The van der Waals surface area contributed by atoms with Crippen LogP contribution in [0.5, 0.6) is 0 Å². The maximum atomic E-state index is 12.9. The summed E-state index contributed by atoms with van der Waals surface area (Å²) in [6.45, 7) is 2.76. The molecule has 0 unspecified atom stereocenters. The van der Waals surface area contributed by atoms with Crippen LogP contribution in [0.2, 0.25) is 0 Å². The van der Waals surface area contributed by atoms with Crippen LogP contribution in [0, 0.1) is 13.8 Å². The lowest BCUT2D eigenvalue weighted by Crippen LogP contribution is -2.23. The number of sulfone groups is 1. The number of benzene rings is 2. The number of alkyl halides is 3. The van der Waals surface area contributed by atoms with E-state index in [0.29, 0.717) is 0 Å². The zero-order valence-corrected chi connectivity index (χ0v) is 17.1. The molecule has 0 aromatic heterocycles. The molecule has 0 radical (unpaired) electrons. The van der Waals surface area contributed by atoms with Gasteiger partial charge in [0.25, 0.3) is 5.91 Å². The van der Waals surface area contributed by atoms with Gasteiger partial charge in [-0.1, -0.05) is 18.2 Å². The Morgan fingerprint density at radius 3 is 2.33 bits per heavy atom. The molecule has 30 heavy (non-hydrogen) atoms. The van der Waals surface area contributed by atoms with Crippen molar-refractivity contribution in [3.05, 3.63) is 59.2 Å². The average molecular weight is 443 g/mol. The molecule has 162 valence electrons. The van der Waals surface area contributed by atoms with Crippen molar-refractivity contribution in [3.63, 3.8) is 0 Å². The zero-order valence-electron chi connectivity index (χ0n) is 16.2. The lowest BCUT2D eigenvalue weighted by atomic mass is 10.1. The molecular formula is C20H20F3NO5S. The van der Waals surface area contributed by atoms with E-state index in [1.54, 1.807) is 13.0 Å². The molecule has 0 aliphatic carbocycles. The van der Waals surface area contributed by atoms with Crippen LogP contribution in [0.25, 0.3) is 0 Å². The number of ether oxygens (including phenoxy) is 1. The van der Waals surface area contributed by atoms with Gasteiger partial charge in [-0.15, -0.1) is 0 Å². The fourth-order valence-corrected chi connectivity index (χ4v) is 3.79. The first kappa shape index (κ1) is 23.4. The van der Waals surface area contributed by atoms with Gasteiger partial charge in [0.2, 0.25) is 0 Å². The molecule has 0 aliphatic rings. The van der Waals surface area contributed by atoms with Crippen molar-refractivity contribution in [2.45, 2.75) is 31.3 Å². The van der Waals surface area contributed by atoms with Crippen LogP contribution in [0.4, 0.5) is 18.9 Å². The first-order valence-corrected chi connectivity index (χ1v) is 10.5. The number of halogens is 3. The van der Waals surface area contributed by atoms with E-state index in [1.807, 2.05) is 12.2 Å². The van der Waals surface area contributed by atoms with Crippen LogP contribution >= 0.6 is 0 Å². The minimum Gasteiger partial charge on any atom is -0.456 e. The number of esters is 1. The Bertz CT molecular complexity index is 1050. The molecule has 10 heteroatoms. The summed E-state index contributed by atoms with van der Waals surface area (Å²) in [5, 5.41) is 2.03. The second kappa shape index (κ2) is 9.29. The van der Waals surface area contributed by atoms with Gasteiger partial charge in [-0.3, -0.25) is 9.59 Å². The summed E-state index contributed by atoms with van der Waals surface area (Å²) in [5.74, 6) is -2.45. The third-order valence-corrected chi connectivity index (χ3v) is 6.00. The molecule has 0 atom stereocenters. The first-order valence-electron chi connectivity index (χ1n) is 8.82. The van der Waals surface area contributed by atoms with Crippen LogP contribution < -0.4 is 5.32 Å². The van der Waals surface area contributed by atoms with Crippen LogP contribution in [0.15, 0.2) is 47.4 Å². The van der Waals surface area contributed by atoms with Gasteiger partial charge in [0, 0.05) is 0 Å².